The molecule has 0 spiro atoms. The topological polar surface area (TPSA) is 12.0 Å². The van der Waals surface area contributed by atoms with Crippen LogP contribution in [-0.2, 0) is 0 Å². The molecule has 0 bridgehead atoms. The molecule has 0 aromatic carbocycles. The van der Waals surface area contributed by atoms with Crippen molar-refractivity contribution in [2.24, 2.45) is 11.8 Å². The Morgan fingerprint density at radius 2 is 2.20 bits per heavy atom. The number of nitrogens with one attached hydrogen (secondary N) is 1. The SMILES string of the molecule is CC1=CC(C)CC(C2NCCC(C)S2)C1. The summed E-state index contributed by atoms with van der Waals surface area (Å²) in [5.41, 5.74) is 1.60. The van der Waals surface area contributed by atoms with E-state index < -0.39 is 0 Å². The minimum absolute atomic E-state index is 0.708. The summed E-state index contributed by atoms with van der Waals surface area (Å²) in [7, 11) is 0. The molecule has 1 aliphatic heterocycles. The lowest BCUT2D eigenvalue weighted by molar-refractivity contribution is 0.353. The molecule has 0 saturated carbocycles. The van der Waals surface area contributed by atoms with Crippen LogP contribution in [0.15, 0.2) is 11.6 Å². The second kappa shape index (κ2) is 4.92. The highest BCUT2D eigenvalue weighted by molar-refractivity contribution is 8.00. The molecule has 0 aromatic heterocycles. The average Bonchev–Trinajstić information content (AvgIpc) is 2.16. The van der Waals surface area contributed by atoms with Gasteiger partial charge in [-0.1, -0.05) is 25.5 Å². The zero-order valence-corrected chi connectivity index (χ0v) is 10.9. The standard InChI is InChI=1S/C13H23NS/c1-9-6-10(2)8-12(7-9)13-14-5-4-11(3)15-13/h6,9,11-14H,4-5,7-8H2,1-3H3. The number of hydrogen-bond donors (Lipinski definition) is 1. The van der Waals surface area contributed by atoms with Crippen LogP contribution in [0.4, 0.5) is 0 Å². The Morgan fingerprint density at radius 3 is 2.87 bits per heavy atom. The molecule has 2 rings (SSSR count). The zero-order valence-electron chi connectivity index (χ0n) is 10.1. The summed E-state index contributed by atoms with van der Waals surface area (Å²) in [6.45, 7) is 8.23. The summed E-state index contributed by atoms with van der Waals surface area (Å²) in [4.78, 5) is 0. The van der Waals surface area contributed by atoms with Gasteiger partial charge in [0.05, 0.1) is 5.37 Å². The van der Waals surface area contributed by atoms with E-state index in [9.17, 15) is 0 Å². The minimum Gasteiger partial charge on any atom is -0.305 e. The van der Waals surface area contributed by atoms with E-state index in [1.165, 1.54) is 25.8 Å². The van der Waals surface area contributed by atoms with Gasteiger partial charge in [-0.2, -0.15) is 0 Å². The highest BCUT2D eigenvalue weighted by atomic mass is 32.2. The molecule has 4 unspecified atom stereocenters. The summed E-state index contributed by atoms with van der Waals surface area (Å²) in [5, 5.41) is 5.25. The van der Waals surface area contributed by atoms with Gasteiger partial charge in [-0.3, -0.25) is 0 Å². The van der Waals surface area contributed by atoms with Gasteiger partial charge in [-0.15, -0.1) is 11.8 Å². The molecule has 4 atom stereocenters. The minimum atomic E-state index is 0.708. The number of allylic oxidation sites excluding steroid dienone is 2. The van der Waals surface area contributed by atoms with E-state index in [1.54, 1.807) is 5.57 Å². The van der Waals surface area contributed by atoms with E-state index in [1.807, 2.05) is 0 Å². The van der Waals surface area contributed by atoms with Gasteiger partial charge in [0.1, 0.15) is 0 Å². The van der Waals surface area contributed by atoms with Crippen LogP contribution in [0.3, 0.4) is 0 Å². The van der Waals surface area contributed by atoms with Gasteiger partial charge in [-0.25, -0.2) is 0 Å². The van der Waals surface area contributed by atoms with E-state index in [-0.39, 0.29) is 0 Å². The average molecular weight is 225 g/mol. The van der Waals surface area contributed by atoms with Gasteiger partial charge in [0.25, 0.3) is 0 Å². The monoisotopic (exact) mass is 225 g/mol. The van der Waals surface area contributed by atoms with Crippen LogP contribution in [-0.4, -0.2) is 17.2 Å². The Balaban J connectivity index is 1.96. The summed E-state index contributed by atoms with van der Waals surface area (Å²) >= 11 is 2.16. The lowest BCUT2D eigenvalue weighted by atomic mass is 9.83. The van der Waals surface area contributed by atoms with E-state index in [4.69, 9.17) is 0 Å². The van der Waals surface area contributed by atoms with E-state index in [0.29, 0.717) is 5.37 Å². The predicted molar refractivity (Wildman–Crippen MR) is 69.1 cm³/mol. The Bertz CT molecular complexity index is 249. The van der Waals surface area contributed by atoms with Crippen LogP contribution in [0.2, 0.25) is 0 Å². The molecule has 15 heavy (non-hydrogen) atoms. The van der Waals surface area contributed by atoms with Crippen molar-refractivity contribution in [3.63, 3.8) is 0 Å². The van der Waals surface area contributed by atoms with Crippen LogP contribution in [0, 0.1) is 11.8 Å². The van der Waals surface area contributed by atoms with Crippen molar-refractivity contribution in [1.29, 1.82) is 0 Å². The fourth-order valence-electron chi connectivity index (χ4n) is 2.90. The van der Waals surface area contributed by atoms with Crippen LogP contribution < -0.4 is 5.32 Å². The molecular weight excluding hydrogens is 202 g/mol. The number of thioether (sulfide) groups is 1. The lowest BCUT2D eigenvalue weighted by Gasteiger charge is -2.37. The maximum atomic E-state index is 3.70. The molecule has 1 N–H and O–H groups in total. The summed E-state index contributed by atoms with van der Waals surface area (Å²) in [6, 6.07) is 0. The van der Waals surface area contributed by atoms with Crippen molar-refractivity contribution >= 4 is 11.8 Å². The lowest BCUT2D eigenvalue weighted by Crippen LogP contribution is -2.41. The van der Waals surface area contributed by atoms with Gasteiger partial charge in [0, 0.05) is 5.25 Å². The van der Waals surface area contributed by atoms with Crippen LogP contribution in [0.5, 0.6) is 0 Å². The smallest absolute Gasteiger partial charge is 0.0566 e. The van der Waals surface area contributed by atoms with Crippen molar-refractivity contribution < 1.29 is 0 Å². The highest BCUT2D eigenvalue weighted by Gasteiger charge is 2.29. The Hall–Kier alpha value is 0.0500. The van der Waals surface area contributed by atoms with Crippen molar-refractivity contribution in [3.05, 3.63) is 11.6 Å². The van der Waals surface area contributed by atoms with Gasteiger partial charge < -0.3 is 5.32 Å². The summed E-state index contributed by atoms with van der Waals surface area (Å²) in [5.74, 6) is 1.64. The molecule has 1 heterocycles. The van der Waals surface area contributed by atoms with Crippen molar-refractivity contribution in [1.82, 2.24) is 5.32 Å². The Morgan fingerprint density at radius 1 is 1.40 bits per heavy atom. The molecule has 1 fully saturated rings. The second-order valence-corrected chi connectivity index (χ2v) is 6.89. The first-order valence-electron chi connectivity index (χ1n) is 6.21. The Kier molecular flexibility index (Phi) is 3.78. The second-order valence-electron chi connectivity index (χ2n) is 5.30. The first-order chi connectivity index (χ1) is 7.15. The third-order valence-corrected chi connectivity index (χ3v) is 5.08. The fraction of sp³-hybridized carbons (Fsp3) is 0.846. The quantitative estimate of drug-likeness (QED) is 0.686. The van der Waals surface area contributed by atoms with Crippen molar-refractivity contribution in [2.75, 3.05) is 6.54 Å². The normalized spacial score (nSPS) is 42.5. The largest absolute Gasteiger partial charge is 0.305 e. The van der Waals surface area contributed by atoms with Crippen LogP contribution >= 0.6 is 11.8 Å². The highest BCUT2D eigenvalue weighted by Crippen LogP contribution is 2.37. The van der Waals surface area contributed by atoms with E-state index in [2.05, 4.69) is 43.9 Å². The fourth-order valence-corrected chi connectivity index (χ4v) is 4.30. The molecule has 0 aromatic rings. The van der Waals surface area contributed by atoms with Crippen LogP contribution in [0.25, 0.3) is 0 Å². The van der Waals surface area contributed by atoms with Gasteiger partial charge in [0.15, 0.2) is 0 Å². The molecule has 86 valence electrons. The van der Waals surface area contributed by atoms with Gasteiger partial charge in [-0.05, 0) is 44.6 Å². The molecule has 2 heteroatoms. The van der Waals surface area contributed by atoms with Crippen molar-refractivity contribution in [3.8, 4) is 0 Å². The van der Waals surface area contributed by atoms with Gasteiger partial charge in [0.2, 0.25) is 0 Å². The number of rotatable bonds is 1. The zero-order chi connectivity index (χ0) is 10.8. The maximum Gasteiger partial charge on any atom is 0.0566 e. The van der Waals surface area contributed by atoms with E-state index in [0.717, 1.165) is 17.1 Å². The molecule has 1 saturated heterocycles. The molecular formula is C13H23NS. The third-order valence-electron chi connectivity index (χ3n) is 3.53. The number of hydrogen-bond acceptors (Lipinski definition) is 2. The molecule has 1 nitrogen and oxygen atoms in total. The first-order valence-corrected chi connectivity index (χ1v) is 7.15. The van der Waals surface area contributed by atoms with Gasteiger partial charge >= 0.3 is 0 Å². The molecule has 2 aliphatic rings. The van der Waals surface area contributed by atoms with Crippen LogP contribution in [0.1, 0.15) is 40.0 Å². The summed E-state index contributed by atoms with van der Waals surface area (Å²) in [6.07, 6.45) is 6.46. The third kappa shape index (κ3) is 3.01. The summed E-state index contributed by atoms with van der Waals surface area (Å²) < 4.78 is 0. The maximum absolute atomic E-state index is 3.70. The molecule has 0 amide bonds. The van der Waals surface area contributed by atoms with E-state index >= 15 is 0 Å². The van der Waals surface area contributed by atoms with Crippen molar-refractivity contribution in [2.45, 2.75) is 50.7 Å². The first kappa shape index (κ1) is 11.5. The molecule has 0 radical (unpaired) electrons. The Labute approximate surface area is 98.1 Å². The predicted octanol–water partition coefficient (Wildman–Crippen LogP) is 3.42. The molecule has 1 aliphatic carbocycles.